The van der Waals surface area contributed by atoms with Crippen molar-refractivity contribution >= 4 is 33.0 Å². The summed E-state index contributed by atoms with van der Waals surface area (Å²) in [6.07, 6.45) is 2.76. The number of nitrogens with two attached hydrogens (primary N) is 1. The van der Waals surface area contributed by atoms with E-state index in [9.17, 15) is 14.3 Å². The number of hydrogen-bond acceptors (Lipinski definition) is 4. The van der Waals surface area contributed by atoms with Gasteiger partial charge in [-0.25, -0.2) is 4.39 Å². The fourth-order valence-corrected chi connectivity index (χ4v) is 3.90. The van der Waals surface area contributed by atoms with Gasteiger partial charge in [0.2, 0.25) is 0 Å². The van der Waals surface area contributed by atoms with Crippen LogP contribution in [-0.2, 0) is 0 Å². The summed E-state index contributed by atoms with van der Waals surface area (Å²) in [5, 5.41) is 10.0. The Balaban J connectivity index is 1.99. The quantitative estimate of drug-likeness (QED) is 0.896. The number of nitrogen functional groups attached to an aromatic ring is 1. The minimum atomic E-state index is -0.364. The molecule has 3 rings (SSSR count). The van der Waals surface area contributed by atoms with Crippen LogP contribution in [0, 0.1) is 5.82 Å². The van der Waals surface area contributed by atoms with Gasteiger partial charge in [0.1, 0.15) is 10.7 Å². The first kappa shape index (κ1) is 14.3. The van der Waals surface area contributed by atoms with Crippen LogP contribution < -0.4 is 5.73 Å². The van der Waals surface area contributed by atoms with Gasteiger partial charge < -0.3 is 15.7 Å². The second-order valence-electron chi connectivity index (χ2n) is 5.32. The maximum absolute atomic E-state index is 13.3. The average molecular weight is 308 g/mol. The van der Waals surface area contributed by atoms with E-state index in [2.05, 4.69) is 0 Å². The maximum Gasteiger partial charge on any atom is 0.266 e. The number of carbonyl (C=O) groups excluding carboxylic acids is 1. The molecule has 1 atom stereocenters. The van der Waals surface area contributed by atoms with Crippen molar-refractivity contribution in [1.82, 2.24) is 4.90 Å². The molecule has 0 radical (unpaired) electrons. The van der Waals surface area contributed by atoms with Crippen LogP contribution in [0.4, 0.5) is 10.1 Å². The van der Waals surface area contributed by atoms with Crippen LogP contribution in [-0.4, -0.2) is 35.1 Å². The van der Waals surface area contributed by atoms with Crippen molar-refractivity contribution < 1.29 is 14.3 Å². The Morgan fingerprint density at radius 2 is 2.29 bits per heavy atom. The zero-order valence-corrected chi connectivity index (χ0v) is 12.3. The van der Waals surface area contributed by atoms with Crippen molar-refractivity contribution in [2.75, 3.05) is 18.9 Å². The van der Waals surface area contributed by atoms with E-state index in [-0.39, 0.29) is 24.4 Å². The second-order valence-corrected chi connectivity index (χ2v) is 6.37. The molecule has 1 unspecified atom stereocenters. The Morgan fingerprint density at radius 3 is 3.05 bits per heavy atom. The Kier molecular flexibility index (Phi) is 3.82. The lowest BCUT2D eigenvalue weighted by molar-refractivity contribution is 0.0509. The van der Waals surface area contributed by atoms with Gasteiger partial charge in [-0.1, -0.05) is 0 Å². The van der Waals surface area contributed by atoms with Gasteiger partial charge in [-0.05, 0) is 37.5 Å². The van der Waals surface area contributed by atoms with Gasteiger partial charge in [0.05, 0.1) is 18.3 Å². The van der Waals surface area contributed by atoms with E-state index >= 15 is 0 Å². The number of carbonyl (C=O) groups is 1. The molecule has 21 heavy (non-hydrogen) atoms. The minimum absolute atomic E-state index is 0.0365. The number of hydrogen-bond donors (Lipinski definition) is 2. The number of amides is 1. The molecule has 0 spiro atoms. The normalized spacial score (nSPS) is 19.1. The highest BCUT2D eigenvalue weighted by atomic mass is 32.1. The molecule has 1 aliphatic rings. The number of aliphatic hydroxyl groups is 1. The number of benzene rings is 1. The molecule has 112 valence electrons. The molecule has 1 aliphatic heterocycles. The Morgan fingerprint density at radius 1 is 1.48 bits per heavy atom. The molecule has 2 heterocycles. The molecule has 1 aromatic heterocycles. The van der Waals surface area contributed by atoms with Crippen molar-refractivity contribution in [2.45, 2.75) is 25.3 Å². The summed E-state index contributed by atoms with van der Waals surface area (Å²) in [4.78, 5) is 14.8. The number of aliphatic hydroxyl groups excluding tert-OH is 1. The predicted molar refractivity (Wildman–Crippen MR) is 82.0 cm³/mol. The second kappa shape index (κ2) is 5.61. The largest absolute Gasteiger partial charge is 0.397 e. The molecule has 1 amide bonds. The topological polar surface area (TPSA) is 66.6 Å². The Hall–Kier alpha value is -1.66. The summed E-state index contributed by atoms with van der Waals surface area (Å²) in [7, 11) is 0. The molecular weight excluding hydrogens is 291 g/mol. The number of halogens is 1. The SMILES string of the molecule is Nc1c(C(=O)N2CCCCC2CO)sc2ccc(F)cc12. The van der Waals surface area contributed by atoms with E-state index in [1.807, 2.05) is 0 Å². The van der Waals surface area contributed by atoms with Gasteiger partial charge in [0.15, 0.2) is 0 Å². The fourth-order valence-electron chi connectivity index (χ4n) is 2.84. The molecule has 3 N–H and O–H groups in total. The predicted octanol–water partition coefficient (Wildman–Crippen LogP) is 2.61. The molecule has 0 bridgehead atoms. The van der Waals surface area contributed by atoms with Gasteiger partial charge in [-0.2, -0.15) is 0 Å². The monoisotopic (exact) mass is 308 g/mol. The van der Waals surface area contributed by atoms with Crippen LogP contribution in [0.25, 0.3) is 10.1 Å². The van der Waals surface area contributed by atoms with Gasteiger partial charge in [0.25, 0.3) is 5.91 Å². The molecule has 6 heteroatoms. The fraction of sp³-hybridized carbons (Fsp3) is 0.400. The van der Waals surface area contributed by atoms with Crippen molar-refractivity contribution in [2.24, 2.45) is 0 Å². The summed E-state index contributed by atoms with van der Waals surface area (Å²) < 4.78 is 14.1. The van der Waals surface area contributed by atoms with Crippen LogP contribution in [0.15, 0.2) is 18.2 Å². The summed E-state index contributed by atoms with van der Waals surface area (Å²) in [5.41, 5.74) is 6.37. The lowest BCUT2D eigenvalue weighted by Crippen LogP contribution is -2.45. The zero-order valence-electron chi connectivity index (χ0n) is 11.5. The third kappa shape index (κ3) is 2.49. The Bertz CT molecular complexity index is 686. The van der Waals surface area contributed by atoms with Crippen LogP contribution >= 0.6 is 11.3 Å². The van der Waals surface area contributed by atoms with Crippen LogP contribution in [0.5, 0.6) is 0 Å². The molecule has 4 nitrogen and oxygen atoms in total. The minimum Gasteiger partial charge on any atom is -0.397 e. The first-order chi connectivity index (χ1) is 10.1. The maximum atomic E-state index is 13.3. The number of anilines is 1. The van der Waals surface area contributed by atoms with E-state index in [0.717, 1.165) is 24.0 Å². The number of rotatable bonds is 2. The molecule has 1 aromatic carbocycles. The molecule has 1 saturated heterocycles. The van der Waals surface area contributed by atoms with Crippen LogP contribution in [0.2, 0.25) is 0 Å². The highest BCUT2D eigenvalue weighted by molar-refractivity contribution is 7.21. The third-order valence-corrected chi connectivity index (χ3v) is 5.16. The molecule has 1 fully saturated rings. The van der Waals surface area contributed by atoms with Gasteiger partial charge in [0, 0.05) is 16.6 Å². The first-order valence-electron chi connectivity index (χ1n) is 7.01. The van der Waals surface area contributed by atoms with Crippen molar-refractivity contribution in [3.05, 3.63) is 28.9 Å². The zero-order chi connectivity index (χ0) is 15.0. The van der Waals surface area contributed by atoms with E-state index in [1.54, 1.807) is 11.0 Å². The number of nitrogens with zero attached hydrogens (tertiary/aromatic N) is 1. The lowest BCUT2D eigenvalue weighted by atomic mass is 10.0. The van der Waals surface area contributed by atoms with Crippen LogP contribution in [0.3, 0.4) is 0 Å². The standard InChI is InChI=1S/C15H17FN2O2S/c16-9-4-5-12-11(7-9)13(17)14(21-12)15(20)18-6-2-1-3-10(18)8-19/h4-5,7,10,19H,1-3,6,8,17H2. The molecule has 2 aromatic rings. The van der Waals surface area contributed by atoms with Crippen molar-refractivity contribution in [1.29, 1.82) is 0 Å². The van der Waals surface area contributed by atoms with E-state index in [4.69, 9.17) is 5.73 Å². The summed E-state index contributed by atoms with van der Waals surface area (Å²) >= 11 is 1.28. The van der Waals surface area contributed by atoms with Crippen LogP contribution in [0.1, 0.15) is 28.9 Å². The van der Waals surface area contributed by atoms with Crippen molar-refractivity contribution in [3.63, 3.8) is 0 Å². The van der Waals surface area contributed by atoms with E-state index < -0.39 is 0 Å². The lowest BCUT2D eigenvalue weighted by Gasteiger charge is -2.34. The number of likely N-dealkylation sites (tertiary alicyclic amines) is 1. The summed E-state index contributed by atoms with van der Waals surface area (Å²) in [5.74, 6) is -0.523. The number of thiophene rings is 1. The number of piperidine rings is 1. The number of fused-ring (bicyclic) bond motifs is 1. The highest BCUT2D eigenvalue weighted by Crippen LogP contribution is 2.35. The van der Waals surface area contributed by atoms with E-state index in [1.165, 1.54) is 23.5 Å². The Labute approximate surface area is 126 Å². The van der Waals surface area contributed by atoms with Crippen molar-refractivity contribution in [3.8, 4) is 0 Å². The molecular formula is C15H17FN2O2S. The third-order valence-electron chi connectivity index (χ3n) is 3.98. The van der Waals surface area contributed by atoms with E-state index in [0.29, 0.717) is 22.5 Å². The highest BCUT2D eigenvalue weighted by Gasteiger charge is 2.29. The first-order valence-corrected chi connectivity index (χ1v) is 7.83. The van der Waals surface area contributed by atoms with Gasteiger partial charge in [-0.3, -0.25) is 4.79 Å². The van der Waals surface area contributed by atoms with Gasteiger partial charge in [-0.15, -0.1) is 11.3 Å². The average Bonchev–Trinajstić information content (AvgIpc) is 2.83. The smallest absolute Gasteiger partial charge is 0.266 e. The van der Waals surface area contributed by atoms with Gasteiger partial charge >= 0.3 is 0 Å². The summed E-state index contributed by atoms with van der Waals surface area (Å²) in [6.45, 7) is 0.595. The molecule has 0 saturated carbocycles. The molecule has 0 aliphatic carbocycles. The summed E-state index contributed by atoms with van der Waals surface area (Å²) in [6, 6.07) is 4.22.